The predicted octanol–water partition coefficient (Wildman–Crippen LogP) is 9.71. The van der Waals surface area contributed by atoms with Crippen molar-refractivity contribution in [2.75, 3.05) is 0 Å². The molecule has 0 bridgehead atoms. The first-order chi connectivity index (χ1) is 12.7. The highest BCUT2D eigenvalue weighted by Gasteiger charge is 2.40. The molecular weight excluding hydrogens is 312 g/mol. The smallest absolute Gasteiger partial charge is 0.0246 e. The molecule has 0 heteroatoms. The molecule has 0 aliphatic heterocycles. The van der Waals surface area contributed by atoms with E-state index in [4.69, 9.17) is 0 Å². The average Bonchev–Trinajstić information content (AvgIpc) is 2.67. The summed E-state index contributed by atoms with van der Waals surface area (Å²) in [5, 5.41) is 0. The molecule has 1 aliphatic rings. The first-order valence-electron chi connectivity index (χ1n) is 12.7. The van der Waals surface area contributed by atoms with Gasteiger partial charge in [0.25, 0.3) is 0 Å². The van der Waals surface area contributed by atoms with Gasteiger partial charge in [-0.3, -0.25) is 0 Å². The predicted molar refractivity (Wildman–Crippen MR) is 120 cm³/mol. The van der Waals surface area contributed by atoms with Gasteiger partial charge in [-0.15, -0.1) is 0 Å². The first kappa shape index (κ1) is 24.0. The molecule has 1 saturated carbocycles. The van der Waals surface area contributed by atoms with Gasteiger partial charge in [0.15, 0.2) is 0 Å². The molecule has 2 unspecified atom stereocenters. The van der Waals surface area contributed by atoms with Crippen molar-refractivity contribution in [3.63, 3.8) is 0 Å². The van der Waals surface area contributed by atoms with Crippen LogP contribution in [0, 0.1) is 17.3 Å². The molecule has 0 radical (unpaired) electrons. The van der Waals surface area contributed by atoms with Gasteiger partial charge < -0.3 is 0 Å². The third-order valence-corrected chi connectivity index (χ3v) is 7.73. The zero-order chi connectivity index (χ0) is 19.1. The number of hydrogen-bond acceptors (Lipinski definition) is 0. The van der Waals surface area contributed by atoms with Crippen molar-refractivity contribution in [1.29, 1.82) is 0 Å². The number of rotatable bonds is 16. The van der Waals surface area contributed by atoms with Gasteiger partial charge in [0.1, 0.15) is 0 Å². The zero-order valence-electron chi connectivity index (χ0n) is 19.1. The molecule has 2 atom stereocenters. The minimum atomic E-state index is 0.686. The van der Waals surface area contributed by atoms with E-state index < -0.39 is 0 Å². The molecule has 0 amide bonds. The maximum atomic E-state index is 2.62. The minimum absolute atomic E-state index is 0.686. The fourth-order valence-electron chi connectivity index (χ4n) is 5.72. The maximum absolute atomic E-state index is 2.62. The third kappa shape index (κ3) is 8.79. The topological polar surface area (TPSA) is 0 Å². The summed E-state index contributed by atoms with van der Waals surface area (Å²) in [6.07, 6.45) is 28.0. The van der Waals surface area contributed by atoms with Crippen molar-refractivity contribution in [3.8, 4) is 0 Å². The van der Waals surface area contributed by atoms with Crippen molar-refractivity contribution < 1.29 is 0 Å². The summed E-state index contributed by atoms with van der Waals surface area (Å²) < 4.78 is 0. The molecule has 1 rings (SSSR count). The second-order valence-corrected chi connectivity index (χ2v) is 9.71. The summed E-state index contributed by atoms with van der Waals surface area (Å²) in [6, 6.07) is 0. The highest BCUT2D eigenvalue weighted by molar-refractivity contribution is 4.91. The molecule has 0 spiro atoms. The molecule has 156 valence electrons. The van der Waals surface area contributed by atoms with Gasteiger partial charge in [-0.2, -0.15) is 0 Å². The summed E-state index contributed by atoms with van der Waals surface area (Å²) in [5.74, 6) is 1.90. The SMILES string of the molecule is CCCCCCCCC(C)C1(C(C)CCCCCCCC)CCCCC1. The lowest BCUT2D eigenvalue weighted by atomic mass is 9.58. The van der Waals surface area contributed by atoms with E-state index in [-0.39, 0.29) is 0 Å². The first-order valence-corrected chi connectivity index (χ1v) is 12.7. The molecule has 1 fully saturated rings. The lowest BCUT2D eigenvalue weighted by molar-refractivity contribution is 0.0289. The summed E-state index contributed by atoms with van der Waals surface area (Å²) >= 11 is 0. The van der Waals surface area contributed by atoms with Crippen molar-refractivity contribution in [1.82, 2.24) is 0 Å². The third-order valence-electron chi connectivity index (χ3n) is 7.73. The van der Waals surface area contributed by atoms with Crippen LogP contribution in [0.2, 0.25) is 0 Å². The van der Waals surface area contributed by atoms with Crippen LogP contribution in [-0.4, -0.2) is 0 Å². The van der Waals surface area contributed by atoms with Crippen LogP contribution < -0.4 is 0 Å². The highest BCUT2D eigenvalue weighted by atomic mass is 14.5. The lowest BCUT2D eigenvalue weighted by Crippen LogP contribution is -2.37. The van der Waals surface area contributed by atoms with Gasteiger partial charge in [0.2, 0.25) is 0 Å². The average molecular weight is 365 g/mol. The molecule has 0 heterocycles. The van der Waals surface area contributed by atoms with Crippen LogP contribution in [0.3, 0.4) is 0 Å². The van der Waals surface area contributed by atoms with E-state index in [1.807, 2.05) is 0 Å². The Morgan fingerprint density at radius 1 is 0.538 bits per heavy atom. The lowest BCUT2D eigenvalue weighted by Gasteiger charge is -2.47. The van der Waals surface area contributed by atoms with Crippen LogP contribution >= 0.6 is 0 Å². The summed E-state index contributed by atoms with van der Waals surface area (Å²) in [6.45, 7) is 9.88. The fourth-order valence-corrected chi connectivity index (χ4v) is 5.72. The van der Waals surface area contributed by atoms with Gasteiger partial charge in [-0.05, 0) is 30.1 Å². The normalized spacial score (nSPS) is 19.4. The molecule has 0 N–H and O–H groups in total. The minimum Gasteiger partial charge on any atom is -0.0654 e. The molecule has 0 aromatic heterocycles. The van der Waals surface area contributed by atoms with E-state index in [2.05, 4.69) is 27.7 Å². The Morgan fingerprint density at radius 2 is 0.923 bits per heavy atom. The van der Waals surface area contributed by atoms with Gasteiger partial charge in [0, 0.05) is 0 Å². The summed E-state index contributed by atoms with van der Waals surface area (Å²) in [4.78, 5) is 0. The Kier molecular flexibility index (Phi) is 13.9. The Balaban J connectivity index is 2.38. The van der Waals surface area contributed by atoms with Crippen LogP contribution in [-0.2, 0) is 0 Å². The van der Waals surface area contributed by atoms with E-state index in [1.165, 1.54) is 122 Å². The zero-order valence-corrected chi connectivity index (χ0v) is 19.1. The summed E-state index contributed by atoms with van der Waals surface area (Å²) in [7, 11) is 0. The van der Waals surface area contributed by atoms with E-state index in [9.17, 15) is 0 Å². The molecule has 0 aromatic carbocycles. The second-order valence-electron chi connectivity index (χ2n) is 9.71. The van der Waals surface area contributed by atoms with E-state index in [0.29, 0.717) is 5.41 Å². The van der Waals surface area contributed by atoms with Crippen LogP contribution in [0.5, 0.6) is 0 Å². The number of hydrogen-bond donors (Lipinski definition) is 0. The Morgan fingerprint density at radius 3 is 1.35 bits per heavy atom. The standard InChI is InChI=1S/C26H52/c1-5-7-9-11-13-16-20-24(3)26(22-18-15-19-23-26)25(4)21-17-14-12-10-8-6-2/h24-25H,5-23H2,1-4H3. The maximum Gasteiger partial charge on any atom is -0.0246 e. The molecule has 0 nitrogen and oxygen atoms in total. The van der Waals surface area contributed by atoms with Gasteiger partial charge >= 0.3 is 0 Å². The quantitative estimate of drug-likeness (QED) is 0.239. The van der Waals surface area contributed by atoms with Crippen molar-refractivity contribution in [2.24, 2.45) is 17.3 Å². The number of unbranched alkanes of at least 4 members (excludes halogenated alkanes) is 10. The van der Waals surface area contributed by atoms with Crippen LogP contribution in [0.25, 0.3) is 0 Å². The largest absolute Gasteiger partial charge is 0.0654 e. The molecule has 26 heavy (non-hydrogen) atoms. The van der Waals surface area contributed by atoms with E-state index in [0.717, 1.165) is 11.8 Å². The van der Waals surface area contributed by atoms with Crippen LogP contribution in [0.4, 0.5) is 0 Å². The Labute approximate surface area is 167 Å². The van der Waals surface area contributed by atoms with E-state index in [1.54, 1.807) is 0 Å². The molecule has 1 aliphatic carbocycles. The van der Waals surface area contributed by atoms with Gasteiger partial charge in [-0.1, -0.05) is 137 Å². The van der Waals surface area contributed by atoms with Crippen LogP contribution in [0.15, 0.2) is 0 Å². The molecule has 0 aromatic rings. The Hall–Kier alpha value is 0. The van der Waals surface area contributed by atoms with Crippen LogP contribution in [0.1, 0.15) is 150 Å². The second kappa shape index (κ2) is 15.0. The van der Waals surface area contributed by atoms with Gasteiger partial charge in [0.05, 0.1) is 0 Å². The van der Waals surface area contributed by atoms with E-state index >= 15 is 0 Å². The fraction of sp³-hybridized carbons (Fsp3) is 1.00. The van der Waals surface area contributed by atoms with Crippen molar-refractivity contribution >= 4 is 0 Å². The Bertz CT molecular complexity index is 275. The molecule has 0 saturated heterocycles. The highest BCUT2D eigenvalue weighted by Crippen LogP contribution is 2.51. The van der Waals surface area contributed by atoms with Crippen molar-refractivity contribution in [3.05, 3.63) is 0 Å². The van der Waals surface area contributed by atoms with Gasteiger partial charge in [-0.25, -0.2) is 0 Å². The monoisotopic (exact) mass is 364 g/mol. The van der Waals surface area contributed by atoms with Crippen molar-refractivity contribution in [2.45, 2.75) is 150 Å². The summed E-state index contributed by atoms with van der Waals surface area (Å²) in [5.41, 5.74) is 0.686. The molecular formula is C26H52.